The summed E-state index contributed by atoms with van der Waals surface area (Å²) in [5, 5.41) is 11.5. The average molecular weight is 551 g/mol. The van der Waals surface area contributed by atoms with Gasteiger partial charge >= 0.3 is 0 Å². The second-order valence-corrected chi connectivity index (χ2v) is 11.8. The molecule has 3 aromatic carbocycles. The van der Waals surface area contributed by atoms with Gasteiger partial charge < -0.3 is 10.1 Å². The van der Waals surface area contributed by atoms with Crippen LogP contribution >= 0.6 is 11.8 Å². The second kappa shape index (κ2) is 12.3. The van der Waals surface area contributed by atoms with Crippen molar-refractivity contribution in [1.29, 1.82) is 0 Å². The molecule has 0 saturated carbocycles. The minimum absolute atomic E-state index is 0.182. The number of rotatable bonds is 11. The highest BCUT2D eigenvalue weighted by Crippen LogP contribution is 2.30. The molecule has 0 aliphatic rings. The van der Waals surface area contributed by atoms with Crippen molar-refractivity contribution in [3.63, 3.8) is 0 Å². The number of para-hydroxylation sites is 1. The van der Waals surface area contributed by atoms with E-state index in [1.54, 1.807) is 53.1 Å². The predicted molar refractivity (Wildman–Crippen MR) is 150 cm³/mol. The largest absolute Gasteiger partial charge is 0.494 e. The number of aryl methyl sites for hydroxylation is 1. The molecule has 4 rings (SSSR count). The summed E-state index contributed by atoms with van der Waals surface area (Å²) in [7, 11) is -3.67. The smallest absolute Gasteiger partial charge is 0.237 e. The third-order valence-electron chi connectivity index (χ3n) is 5.76. The van der Waals surface area contributed by atoms with E-state index in [0.29, 0.717) is 23.9 Å². The maximum Gasteiger partial charge on any atom is 0.237 e. The van der Waals surface area contributed by atoms with Gasteiger partial charge in [-0.3, -0.25) is 9.36 Å². The normalized spacial score (nSPS) is 12.2. The number of nitrogens with zero attached hydrogens (tertiary/aromatic N) is 3. The molecule has 0 saturated heterocycles. The van der Waals surface area contributed by atoms with Gasteiger partial charge in [-0.15, -0.1) is 10.2 Å². The molecule has 4 aromatic rings. The van der Waals surface area contributed by atoms with E-state index in [4.69, 9.17) is 4.74 Å². The Kier molecular flexibility index (Phi) is 8.85. The highest BCUT2D eigenvalue weighted by molar-refractivity contribution is 8.00. The zero-order chi connectivity index (χ0) is 27.1. The second-order valence-electron chi connectivity index (χ2n) is 8.60. The van der Waals surface area contributed by atoms with Crippen molar-refractivity contribution in [3.8, 4) is 11.4 Å². The number of thioether (sulfide) groups is 1. The molecule has 1 unspecified atom stereocenters. The number of amides is 1. The molecule has 0 fully saturated rings. The van der Waals surface area contributed by atoms with Crippen molar-refractivity contribution in [2.24, 2.45) is 0 Å². The Labute approximate surface area is 227 Å². The van der Waals surface area contributed by atoms with Gasteiger partial charge in [0.1, 0.15) is 11.5 Å². The summed E-state index contributed by atoms with van der Waals surface area (Å²) in [5.74, 6) is 0.503. The Balaban J connectivity index is 1.59. The van der Waals surface area contributed by atoms with E-state index in [9.17, 15) is 13.2 Å². The molecular formula is C28H30N4O4S2. The number of ether oxygens (including phenoxy) is 1. The number of aromatic nitrogens is 3. The van der Waals surface area contributed by atoms with Crippen LogP contribution in [0.3, 0.4) is 0 Å². The van der Waals surface area contributed by atoms with E-state index in [1.165, 1.54) is 11.8 Å². The first kappa shape index (κ1) is 27.4. The molecule has 1 N–H and O–H groups in total. The number of carbonyl (C=O) groups excluding carboxylic acids is 1. The van der Waals surface area contributed by atoms with E-state index in [0.717, 1.165) is 17.0 Å². The maximum absolute atomic E-state index is 13.2. The fraction of sp³-hybridized carbons (Fsp3) is 0.250. The Morgan fingerprint density at radius 3 is 2.29 bits per heavy atom. The summed E-state index contributed by atoms with van der Waals surface area (Å²) in [4.78, 5) is 13.4. The van der Waals surface area contributed by atoms with Gasteiger partial charge in [0.15, 0.2) is 20.8 Å². The minimum atomic E-state index is -3.67. The van der Waals surface area contributed by atoms with Crippen LogP contribution in [-0.2, 0) is 20.4 Å². The fourth-order valence-electron chi connectivity index (χ4n) is 3.78. The van der Waals surface area contributed by atoms with Crippen LogP contribution in [0.5, 0.6) is 5.75 Å². The maximum atomic E-state index is 13.2. The molecule has 8 nitrogen and oxygen atoms in total. The summed E-state index contributed by atoms with van der Waals surface area (Å²) in [5.41, 5.74) is 2.35. The lowest BCUT2D eigenvalue weighted by Crippen LogP contribution is -2.25. The number of nitrogens with one attached hydrogen (secondary N) is 1. The monoisotopic (exact) mass is 550 g/mol. The van der Waals surface area contributed by atoms with Gasteiger partial charge in [-0.05, 0) is 68.8 Å². The number of sulfone groups is 1. The Hall–Kier alpha value is -3.63. The van der Waals surface area contributed by atoms with Crippen LogP contribution in [0.2, 0.25) is 0 Å². The molecule has 0 radical (unpaired) electrons. The van der Waals surface area contributed by atoms with E-state index in [2.05, 4.69) is 15.5 Å². The average Bonchev–Trinajstić information content (AvgIpc) is 3.30. The van der Waals surface area contributed by atoms with Crippen LogP contribution in [0.4, 0.5) is 5.69 Å². The van der Waals surface area contributed by atoms with Crippen LogP contribution in [0.1, 0.15) is 31.7 Å². The summed E-state index contributed by atoms with van der Waals surface area (Å²) in [6, 6.07) is 23.2. The van der Waals surface area contributed by atoms with Crippen molar-refractivity contribution in [2.75, 3.05) is 11.9 Å². The molecular weight excluding hydrogens is 520 g/mol. The lowest BCUT2D eigenvalue weighted by Gasteiger charge is -2.16. The third kappa shape index (κ3) is 6.62. The van der Waals surface area contributed by atoms with Crippen LogP contribution in [0.25, 0.3) is 5.69 Å². The number of benzene rings is 3. The first-order valence-electron chi connectivity index (χ1n) is 12.3. The molecule has 0 aliphatic carbocycles. The molecule has 1 atom stereocenters. The van der Waals surface area contributed by atoms with Crippen LogP contribution in [0.15, 0.2) is 88.9 Å². The van der Waals surface area contributed by atoms with Crippen LogP contribution < -0.4 is 10.1 Å². The highest BCUT2D eigenvalue weighted by atomic mass is 32.2. The predicted octanol–water partition coefficient (Wildman–Crippen LogP) is 5.46. The number of hydrogen-bond acceptors (Lipinski definition) is 7. The quantitative estimate of drug-likeness (QED) is 0.247. The van der Waals surface area contributed by atoms with Crippen LogP contribution in [0, 0.1) is 6.92 Å². The number of anilines is 1. The first-order valence-corrected chi connectivity index (χ1v) is 14.8. The number of hydrogen-bond donors (Lipinski definition) is 1. The van der Waals surface area contributed by atoms with Gasteiger partial charge in [-0.1, -0.05) is 54.6 Å². The Morgan fingerprint density at radius 1 is 0.974 bits per heavy atom. The molecule has 198 valence electrons. The van der Waals surface area contributed by atoms with E-state index >= 15 is 0 Å². The topological polar surface area (TPSA) is 103 Å². The van der Waals surface area contributed by atoms with Gasteiger partial charge in [0.2, 0.25) is 5.91 Å². The van der Waals surface area contributed by atoms with Crippen molar-refractivity contribution >= 4 is 33.2 Å². The summed E-state index contributed by atoms with van der Waals surface area (Å²) in [6.07, 6.45) is 0.534. The van der Waals surface area contributed by atoms with Gasteiger partial charge in [-0.2, -0.15) is 0 Å². The van der Waals surface area contributed by atoms with Crippen molar-refractivity contribution in [2.45, 2.75) is 48.2 Å². The molecule has 0 aliphatic heterocycles. The Morgan fingerprint density at radius 2 is 1.66 bits per heavy atom. The summed E-state index contributed by atoms with van der Waals surface area (Å²) >= 11 is 1.25. The molecule has 1 heterocycles. The molecule has 10 heteroatoms. The summed E-state index contributed by atoms with van der Waals surface area (Å²) in [6.45, 7) is 6.30. The van der Waals surface area contributed by atoms with E-state index in [1.807, 2.05) is 51.1 Å². The first-order chi connectivity index (χ1) is 18.3. The zero-order valence-corrected chi connectivity index (χ0v) is 23.1. The van der Waals surface area contributed by atoms with Gasteiger partial charge in [0.05, 0.1) is 16.8 Å². The Bertz CT molecular complexity index is 1470. The molecule has 1 amide bonds. The van der Waals surface area contributed by atoms with Gasteiger partial charge in [0.25, 0.3) is 0 Å². The van der Waals surface area contributed by atoms with Crippen LogP contribution in [-0.4, -0.2) is 40.9 Å². The van der Waals surface area contributed by atoms with E-state index < -0.39 is 15.1 Å². The number of carbonyl (C=O) groups is 1. The minimum Gasteiger partial charge on any atom is -0.494 e. The molecule has 38 heavy (non-hydrogen) atoms. The van der Waals surface area contributed by atoms with Crippen molar-refractivity contribution in [1.82, 2.24) is 14.8 Å². The zero-order valence-electron chi connectivity index (χ0n) is 21.5. The highest BCUT2D eigenvalue weighted by Gasteiger charge is 2.26. The summed E-state index contributed by atoms with van der Waals surface area (Å²) < 4.78 is 33.6. The lowest BCUT2D eigenvalue weighted by molar-refractivity contribution is -0.115. The lowest BCUT2D eigenvalue weighted by atomic mass is 10.2. The van der Waals surface area contributed by atoms with E-state index in [-0.39, 0.29) is 22.4 Å². The molecule has 0 bridgehead atoms. The van der Waals surface area contributed by atoms with Crippen molar-refractivity contribution in [3.05, 3.63) is 90.3 Å². The fourth-order valence-corrected chi connectivity index (χ4v) is 6.01. The van der Waals surface area contributed by atoms with Gasteiger partial charge in [0, 0.05) is 11.4 Å². The molecule has 1 aromatic heterocycles. The molecule has 0 spiro atoms. The van der Waals surface area contributed by atoms with Gasteiger partial charge in [-0.25, -0.2) is 8.42 Å². The standard InChI is InChI=1S/C28H30N4O4S2/c1-4-25(27(33)29-21-13-15-23(16-14-21)36-5-2)37-28-31-30-26(32(28)22-9-7-6-8-10-22)19-38(34,35)24-17-11-20(3)12-18-24/h6-18,25H,4-5,19H2,1-3H3,(H,29,33). The SMILES string of the molecule is CCOc1ccc(NC(=O)C(CC)Sc2nnc(CS(=O)(=O)c3ccc(C)cc3)n2-c2ccccc2)cc1. The third-order valence-corrected chi connectivity index (χ3v) is 8.69. The van der Waals surface area contributed by atoms with Crippen molar-refractivity contribution < 1.29 is 17.9 Å².